The van der Waals surface area contributed by atoms with E-state index >= 15 is 0 Å². The van der Waals surface area contributed by atoms with Crippen molar-refractivity contribution in [1.29, 1.82) is 0 Å². The van der Waals surface area contributed by atoms with E-state index in [9.17, 15) is 14.4 Å². The number of hydrogen-bond acceptors (Lipinski definition) is 5. The number of hydrogen-bond donors (Lipinski definition) is 2. The molecule has 0 saturated heterocycles. The molecule has 0 fully saturated rings. The van der Waals surface area contributed by atoms with Gasteiger partial charge in [-0.1, -0.05) is 23.7 Å². The summed E-state index contributed by atoms with van der Waals surface area (Å²) in [5.41, 5.74) is 1.30. The molecule has 29 heavy (non-hydrogen) atoms. The van der Waals surface area contributed by atoms with Crippen molar-refractivity contribution in [1.82, 2.24) is 14.8 Å². The van der Waals surface area contributed by atoms with Crippen LogP contribution in [0.1, 0.15) is 22.5 Å². The second kappa shape index (κ2) is 9.11. The molecule has 148 valence electrons. The Kier molecular flexibility index (Phi) is 6.36. The smallest absolute Gasteiger partial charge is 0.276 e. The zero-order chi connectivity index (χ0) is 20.8. The van der Waals surface area contributed by atoms with Crippen molar-refractivity contribution in [2.75, 3.05) is 10.6 Å². The summed E-state index contributed by atoms with van der Waals surface area (Å²) in [6.45, 7) is 1.93. The number of anilines is 2. The van der Waals surface area contributed by atoms with E-state index in [2.05, 4.69) is 20.7 Å². The normalized spacial score (nSPS) is 10.4. The number of halogens is 1. The first kappa shape index (κ1) is 20.2. The number of carbonyl (C=O) groups excluding carboxylic acids is 2. The Bertz CT molecular complexity index is 1100. The standard InChI is InChI=1S/C20H18ClN5O3/c1-13-3-2-4-15(11-13)23-20(29)16-6-8-19(28)26(25-16)10-9-18(27)24-17-7-5-14(21)12-22-17/h2-8,11-12H,9-10H2,1H3,(H,23,29)(H,22,24,27). The van der Waals surface area contributed by atoms with Gasteiger partial charge in [-0.05, 0) is 42.8 Å². The minimum absolute atomic E-state index is 0.0137. The van der Waals surface area contributed by atoms with Gasteiger partial charge in [-0.25, -0.2) is 9.67 Å². The van der Waals surface area contributed by atoms with Crippen molar-refractivity contribution >= 4 is 34.9 Å². The lowest BCUT2D eigenvalue weighted by atomic mass is 10.2. The van der Waals surface area contributed by atoms with Crippen LogP contribution in [0.2, 0.25) is 5.02 Å². The third kappa shape index (κ3) is 5.73. The third-order valence-electron chi connectivity index (χ3n) is 3.92. The zero-order valence-electron chi connectivity index (χ0n) is 15.6. The molecule has 1 aromatic carbocycles. The summed E-state index contributed by atoms with van der Waals surface area (Å²) in [6.07, 6.45) is 1.40. The molecule has 0 aliphatic carbocycles. The van der Waals surface area contributed by atoms with Crippen LogP contribution in [0.3, 0.4) is 0 Å². The topological polar surface area (TPSA) is 106 Å². The van der Waals surface area contributed by atoms with Crippen molar-refractivity contribution in [2.45, 2.75) is 19.9 Å². The van der Waals surface area contributed by atoms with Crippen molar-refractivity contribution in [3.8, 4) is 0 Å². The van der Waals surface area contributed by atoms with E-state index in [1.165, 1.54) is 18.3 Å². The van der Waals surface area contributed by atoms with Crippen LogP contribution in [-0.2, 0) is 11.3 Å². The van der Waals surface area contributed by atoms with Gasteiger partial charge in [0.05, 0.1) is 11.6 Å². The number of pyridine rings is 1. The minimum Gasteiger partial charge on any atom is -0.321 e. The van der Waals surface area contributed by atoms with Crippen LogP contribution < -0.4 is 16.2 Å². The molecule has 2 amide bonds. The second-order valence-electron chi connectivity index (χ2n) is 6.26. The minimum atomic E-state index is -0.445. The van der Waals surface area contributed by atoms with Crippen LogP contribution in [0.25, 0.3) is 0 Å². The van der Waals surface area contributed by atoms with Gasteiger partial charge in [-0.3, -0.25) is 14.4 Å². The number of benzene rings is 1. The highest BCUT2D eigenvalue weighted by Crippen LogP contribution is 2.11. The van der Waals surface area contributed by atoms with E-state index in [0.717, 1.165) is 10.2 Å². The molecule has 8 nitrogen and oxygen atoms in total. The highest BCUT2D eigenvalue weighted by molar-refractivity contribution is 6.30. The van der Waals surface area contributed by atoms with Crippen LogP contribution >= 0.6 is 11.6 Å². The summed E-state index contributed by atoms with van der Waals surface area (Å²) in [4.78, 5) is 40.5. The molecule has 0 aliphatic heterocycles. The summed E-state index contributed by atoms with van der Waals surface area (Å²) in [5.74, 6) is -0.437. The van der Waals surface area contributed by atoms with E-state index < -0.39 is 11.5 Å². The highest BCUT2D eigenvalue weighted by atomic mass is 35.5. The molecule has 2 N–H and O–H groups in total. The number of amides is 2. The van der Waals surface area contributed by atoms with E-state index in [1.54, 1.807) is 18.2 Å². The van der Waals surface area contributed by atoms with E-state index in [0.29, 0.717) is 16.5 Å². The molecule has 3 rings (SSSR count). The van der Waals surface area contributed by atoms with Gasteiger partial charge in [0.15, 0.2) is 0 Å². The van der Waals surface area contributed by atoms with Crippen LogP contribution in [0, 0.1) is 6.92 Å². The van der Waals surface area contributed by atoms with Crippen molar-refractivity contribution in [2.24, 2.45) is 0 Å². The third-order valence-corrected chi connectivity index (χ3v) is 4.14. The Hall–Kier alpha value is -3.52. The number of aryl methyl sites for hydroxylation is 2. The number of aromatic nitrogens is 3. The van der Waals surface area contributed by atoms with Gasteiger partial charge in [0.2, 0.25) is 5.91 Å². The predicted octanol–water partition coefficient (Wildman–Crippen LogP) is 2.88. The number of carbonyl (C=O) groups is 2. The molecular weight excluding hydrogens is 394 g/mol. The lowest BCUT2D eigenvalue weighted by molar-refractivity contribution is -0.116. The predicted molar refractivity (Wildman–Crippen MR) is 110 cm³/mol. The average molecular weight is 412 g/mol. The van der Waals surface area contributed by atoms with Crippen molar-refractivity contribution in [3.05, 3.63) is 81.4 Å². The molecule has 2 aromatic heterocycles. The first-order chi connectivity index (χ1) is 13.9. The molecule has 0 spiro atoms. The highest BCUT2D eigenvalue weighted by Gasteiger charge is 2.11. The van der Waals surface area contributed by atoms with Gasteiger partial charge >= 0.3 is 0 Å². The zero-order valence-corrected chi connectivity index (χ0v) is 16.3. The van der Waals surface area contributed by atoms with E-state index in [-0.39, 0.29) is 24.6 Å². The van der Waals surface area contributed by atoms with E-state index in [1.807, 2.05) is 25.1 Å². The Morgan fingerprint density at radius 3 is 2.66 bits per heavy atom. The molecule has 3 aromatic rings. The molecule has 0 radical (unpaired) electrons. The number of rotatable bonds is 6. The maximum atomic E-state index is 12.4. The van der Waals surface area contributed by atoms with Crippen LogP contribution in [0.15, 0.2) is 59.5 Å². The summed E-state index contributed by atoms with van der Waals surface area (Å²) < 4.78 is 1.08. The maximum absolute atomic E-state index is 12.4. The average Bonchev–Trinajstić information content (AvgIpc) is 2.69. The summed E-state index contributed by atoms with van der Waals surface area (Å²) >= 11 is 5.75. The molecule has 0 atom stereocenters. The van der Waals surface area contributed by atoms with Gasteiger partial charge in [0, 0.05) is 24.4 Å². The summed E-state index contributed by atoms with van der Waals surface area (Å²) in [6, 6.07) is 13.1. The van der Waals surface area contributed by atoms with Gasteiger partial charge in [0.1, 0.15) is 11.5 Å². The van der Waals surface area contributed by atoms with Crippen molar-refractivity contribution in [3.63, 3.8) is 0 Å². The maximum Gasteiger partial charge on any atom is 0.276 e. The first-order valence-corrected chi connectivity index (χ1v) is 9.16. The fourth-order valence-electron chi connectivity index (χ4n) is 2.51. The Morgan fingerprint density at radius 2 is 1.93 bits per heavy atom. The van der Waals surface area contributed by atoms with Crippen molar-refractivity contribution < 1.29 is 9.59 Å². The molecule has 2 heterocycles. The lowest BCUT2D eigenvalue weighted by Gasteiger charge is -2.09. The first-order valence-electron chi connectivity index (χ1n) is 8.78. The van der Waals surface area contributed by atoms with Gasteiger partial charge in [-0.15, -0.1) is 0 Å². The summed E-state index contributed by atoms with van der Waals surface area (Å²) in [7, 11) is 0. The van der Waals surface area contributed by atoms with Crippen LogP contribution in [-0.4, -0.2) is 26.6 Å². The number of nitrogens with one attached hydrogen (secondary N) is 2. The molecule has 9 heteroatoms. The SMILES string of the molecule is Cc1cccc(NC(=O)c2ccc(=O)n(CCC(=O)Nc3ccc(Cl)cn3)n2)c1. The molecule has 0 unspecified atom stereocenters. The Morgan fingerprint density at radius 1 is 1.10 bits per heavy atom. The Balaban J connectivity index is 1.64. The van der Waals surface area contributed by atoms with Gasteiger partial charge < -0.3 is 10.6 Å². The second-order valence-corrected chi connectivity index (χ2v) is 6.70. The molecule has 0 bridgehead atoms. The van der Waals surface area contributed by atoms with E-state index in [4.69, 9.17) is 11.6 Å². The number of nitrogens with zero attached hydrogens (tertiary/aromatic N) is 3. The summed E-state index contributed by atoms with van der Waals surface area (Å²) in [5, 5.41) is 9.85. The lowest BCUT2D eigenvalue weighted by Crippen LogP contribution is -2.28. The largest absolute Gasteiger partial charge is 0.321 e. The molecule has 0 aliphatic rings. The fourth-order valence-corrected chi connectivity index (χ4v) is 2.62. The fraction of sp³-hybridized carbons (Fsp3) is 0.150. The Labute approximate surface area is 171 Å². The van der Waals surface area contributed by atoms with Crippen LogP contribution in [0.5, 0.6) is 0 Å². The van der Waals surface area contributed by atoms with Gasteiger partial charge in [0.25, 0.3) is 11.5 Å². The molecule has 0 saturated carbocycles. The molecular formula is C20H18ClN5O3. The monoisotopic (exact) mass is 411 g/mol. The van der Waals surface area contributed by atoms with Gasteiger partial charge in [-0.2, -0.15) is 5.10 Å². The quantitative estimate of drug-likeness (QED) is 0.648. The van der Waals surface area contributed by atoms with Crippen LogP contribution in [0.4, 0.5) is 11.5 Å².